The van der Waals surface area contributed by atoms with Crippen LogP contribution in [0.15, 0.2) is 12.1 Å². The van der Waals surface area contributed by atoms with Crippen molar-refractivity contribution in [1.29, 1.82) is 5.26 Å². The summed E-state index contributed by atoms with van der Waals surface area (Å²) in [6, 6.07) is 5.79. The van der Waals surface area contributed by atoms with Crippen LogP contribution in [0.5, 0.6) is 0 Å². The zero-order valence-electron chi connectivity index (χ0n) is 9.13. The SMILES string of the molecule is CCC(C)(C#N)NC(=O)c1ccc(C)s1. The second-order valence-electron chi connectivity index (χ2n) is 3.66. The van der Waals surface area contributed by atoms with Gasteiger partial charge in [-0.05, 0) is 32.4 Å². The molecule has 0 aromatic carbocycles. The van der Waals surface area contributed by atoms with Crippen molar-refractivity contribution in [3.05, 3.63) is 21.9 Å². The van der Waals surface area contributed by atoms with Gasteiger partial charge < -0.3 is 5.32 Å². The Balaban J connectivity index is 2.76. The number of rotatable bonds is 3. The molecule has 0 radical (unpaired) electrons. The largest absolute Gasteiger partial charge is 0.333 e. The first-order valence-electron chi connectivity index (χ1n) is 4.81. The third kappa shape index (κ3) is 2.80. The van der Waals surface area contributed by atoms with Crippen LogP contribution in [0.1, 0.15) is 34.8 Å². The lowest BCUT2D eigenvalue weighted by Crippen LogP contribution is -2.43. The maximum atomic E-state index is 11.7. The van der Waals surface area contributed by atoms with E-state index in [1.807, 2.05) is 19.9 Å². The zero-order chi connectivity index (χ0) is 11.5. The number of nitrogens with zero attached hydrogens (tertiary/aromatic N) is 1. The van der Waals surface area contributed by atoms with E-state index in [9.17, 15) is 4.79 Å². The molecular formula is C11H14N2OS. The van der Waals surface area contributed by atoms with Crippen LogP contribution in [0.25, 0.3) is 0 Å². The van der Waals surface area contributed by atoms with Crippen LogP contribution >= 0.6 is 11.3 Å². The molecule has 1 heterocycles. The van der Waals surface area contributed by atoms with Gasteiger partial charge in [0.25, 0.3) is 5.91 Å². The van der Waals surface area contributed by atoms with E-state index in [2.05, 4.69) is 11.4 Å². The molecule has 3 nitrogen and oxygen atoms in total. The second-order valence-corrected chi connectivity index (χ2v) is 4.95. The summed E-state index contributed by atoms with van der Waals surface area (Å²) >= 11 is 1.44. The molecule has 0 aliphatic rings. The number of aryl methyl sites for hydroxylation is 1. The fourth-order valence-corrected chi connectivity index (χ4v) is 1.83. The summed E-state index contributed by atoms with van der Waals surface area (Å²) in [5.74, 6) is -0.168. The molecule has 0 saturated carbocycles. The maximum Gasteiger partial charge on any atom is 0.262 e. The van der Waals surface area contributed by atoms with E-state index >= 15 is 0 Å². The van der Waals surface area contributed by atoms with Gasteiger partial charge in [-0.25, -0.2) is 0 Å². The highest BCUT2D eigenvalue weighted by atomic mass is 32.1. The van der Waals surface area contributed by atoms with Crippen LogP contribution in [0.2, 0.25) is 0 Å². The molecular weight excluding hydrogens is 208 g/mol. The lowest BCUT2D eigenvalue weighted by molar-refractivity contribution is 0.0927. The number of carbonyl (C=O) groups is 1. The smallest absolute Gasteiger partial charge is 0.262 e. The molecule has 1 aromatic heterocycles. The van der Waals surface area contributed by atoms with Crippen LogP contribution < -0.4 is 5.32 Å². The number of nitrogens with one attached hydrogen (secondary N) is 1. The normalized spacial score (nSPS) is 14.0. The van der Waals surface area contributed by atoms with E-state index in [4.69, 9.17) is 5.26 Å². The van der Waals surface area contributed by atoms with Gasteiger partial charge in [0.1, 0.15) is 5.54 Å². The van der Waals surface area contributed by atoms with Gasteiger partial charge in [-0.2, -0.15) is 5.26 Å². The average Bonchev–Trinajstić information content (AvgIpc) is 2.65. The van der Waals surface area contributed by atoms with Gasteiger partial charge in [0.05, 0.1) is 10.9 Å². The van der Waals surface area contributed by atoms with Crippen molar-refractivity contribution in [2.24, 2.45) is 0 Å². The van der Waals surface area contributed by atoms with Gasteiger partial charge in [-0.15, -0.1) is 11.3 Å². The van der Waals surface area contributed by atoms with Crippen LogP contribution in [0.3, 0.4) is 0 Å². The molecule has 1 unspecified atom stereocenters. The van der Waals surface area contributed by atoms with E-state index in [-0.39, 0.29) is 5.91 Å². The summed E-state index contributed by atoms with van der Waals surface area (Å²) < 4.78 is 0. The first kappa shape index (κ1) is 11.7. The first-order chi connectivity index (χ1) is 7.00. The molecule has 0 aliphatic carbocycles. The van der Waals surface area contributed by atoms with E-state index < -0.39 is 5.54 Å². The topological polar surface area (TPSA) is 52.9 Å². The quantitative estimate of drug-likeness (QED) is 0.854. The summed E-state index contributed by atoms with van der Waals surface area (Å²) in [5.41, 5.74) is -0.769. The molecule has 1 rings (SSSR count). The molecule has 15 heavy (non-hydrogen) atoms. The lowest BCUT2D eigenvalue weighted by atomic mass is 10.0. The van der Waals surface area contributed by atoms with Gasteiger partial charge >= 0.3 is 0 Å². The Hall–Kier alpha value is -1.34. The molecule has 0 spiro atoms. The Labute approximate surface area is 93.7 Å². The number of amides is 1. The van der Waals surface area contributed by atoms with Crippen molar-refractivity contribution in [3.63, 3.8) is 0 Å². The van der Waals surface area contributed by atoms with Crippen molar-refractivity contribution >= 4 is 17.2 Å². The van der Waals surface area contributed by atoms with Crippen LogP contribution in [-0.4, -0.2) is 11.4 Å². The van der Waals surface area contributed by atoms with Crippen molar-refractivity contribution in [3.8, 4) is 6.07 Å². The van der Waals surface area contributed by atoms with E-state index in [0.29, 0.717) is 11.3 Å². The fourth-order valence-electron chi connectivity index (χ4n) is 1.06. The molecule has 1 atom stereocenters. The van der Waals surface area contributed by atoms with Gasteiger partial charge in [0, 0.05) is 4.88 Å². The minimum atomic E-state index is -0.769. The molecule has 1 aromatic rings. The van der Waals surface area contributed by atoms with E-state index in [1.165, 1.54) is 11.3 Å². The number of carbonyl (C=O) groups excluding carboxylic acids is 1. The average molecular weight is 222 g/mol. The number of nitriles is 1. The van der Waals surface area contributed by atoms with Crippen molar-refractivity contribution in [1.82, 2.24) is 5.32 Å². The van der Waals surface area contributed by atoms with Crippen LogP contribution in [0, 0.1) is 18.3 Å². The Morgan fingerprint density at radius 1 is 1.67 bits per heavy atom. The summed E-state index contributed by atoms with van der Waals surface area (Å²) in [4.78, 5) is 13.5. The van der Waals surface area contributed by atoms with Crippen LogP contribution in [0.4, 0.5) is 0 Å². The highest BCUT2D eigenvalue weighted by Gasteiger charge is 2.24. The summed E-state index contributed by atoms with van der Waals surface area (Å²) in [7, 11) is 0. The minimum absolute atomic E-state index is 0.168. The number of hydrogen-bond donors (Lipinski definition) is 1. The molecule has 1 N–H and O–H groups in total. The minimum Gasteiger partial charge on any atom is -0.333 e. The third-order valence-electron chi connectivity index (χ3n) is 2.31. The predicted molar refractivity (Wildman–Crippen MR) is 60.8 cm³/mol. The van der Waals surface area contributed by atoms with Crippen molar-refractivity contribution < 1.29 is 4.79 Å². The molecule has 0 aliphatic heterocycles. The van der Waals surface area contributed by atoms with E-state index in [1.54, 1.807) is 13.0 Å². The molecule has 4 heteroatoms. The van der Waals surface area contributed by atoms with Gasteiger partial charge in [0.15, 0.2) is 0 Å². The first-order valence-corrected chi connectivity index (χ1v) is 5.62. The molecule has 1 amide bonds. The molecule has 0 fully saturated rings. The standard InChI is InChI=1S/C11H14N2OS/c1-4-11(3,7-12)13-10(14)9-6-5-8(2)15-9/h5-6H,4H2,1-3H3,(H,13,14). The Kier molecular flexibility index (Phi) is 3.48. The van der Waals surface area contributed by atoms with Crippen LogP contribution in [-0.2, 0) is 0 Å². The Bertz CT molecular complexity index is 405. The highest BCUT2D eigenvalue weighted by molar-refractivity contribution is 7.13. The van der Waals surface area contributed by atoms with Crippen molar-refractivity contribution in [2.45, 2.75) is 32.7 Å². The Morgan fingerprint density at radius 3 is 2.73 bits per heavy atom. The molecule has 0 saturated heterocycles. The summed E-state index contributed by atoms with van der Waals surface area (Å²) in [6.45, 7) is 5.55. The monoisotopic (exact) mass is 222 g/mol. The lowest BCUT2D eigenvalue weighted by Gasteiger charge is -2.20. The summed E-state index contributed by atoms with van der Waals surface area (Å²) in [5, 5.41) is 11.7. The van der Waals surface area contributed by atoms with Gasteiger partial charge in [-0.1, -0.05) is 6.92 Å². The maximum absolute atomic E-state index is 11.7. The number of thiophene rings is 1. The van der Waals surface area contributed by atoms with E-state index in [0.717, 1.165) is 4.88 Å². The summed E-state index contributed by atoms with van der Waals surface area (Å²) in [6.07, 6.45) is 0.597. The molecule has 0 bridgehead atoms. The van der Waals surface area contributed by atoms with Gasteiger partial charge in [0.2, 0.25) is 0 Å². The number of hydrogen-bond acceptors (Lipinski definition) is 3. The molecule has 80 valence electrons. The third-order valence-corrected chi connectivity index (χ3v) is 3.31. The van der Waals surface area contributed by atoms with Crippen molar-refractivity contribution in [2.75, 3.05) is 0 Å². The fraction of sp³-hybridized carbons (Fsp3) is 0.455. The zero-order valence-corrected chi connectivity index (χ0v) is 9.94. The highest BCUT2D eigenvalue weighted by Crippen LogP contribution is 2.16. The second kappa shape index (κ2) is 4.45. The predicted octanol–water partition coefficient (Wildman–Crippen LogP) is 2.48. The Morgan fingerprint density at radius 2 is 2.33 bits per heavy atom. The van der Waals surface area contributed by atoms with Gasteiger partial charge in [-0.3, -0.25) is 4.79 Å².